The third kappa shape index (κ3) is 3.21. The molecule has 1 saturated heterocycles. The van der Waals surface area contributed by atoms with Gasteiger partial charge in [-0.05, 0) is 37.0 Å². The second-order valence-electron chi connectivity index (χ2n) is 4.41. The molecular weight excluding hydrogens is 222 g/mol. The van der Waals surface area contributed by atoms with Gasteiger partial charge in [-0.1, -0.05) is 23.7 Å². The summed E-state index contributed by atoms with van der Waals surface area (Å²) < 4.78 is 5.35. The van der Waals surface area contributed by atoms with Gasteiger partial charge in [-0.3, -0.25) is 0 Å². The van der Waals surface area contributed by atoms with E-state index in [-0.39, 0.29) is 0 Å². The van der Waals surface area contributed by atoms with Crippen molar-refractivity contribution in [1.29, 1.82) is 0 Å². The quantitative estimate of drug-likeness (QED) is 0.872. The highest BCUT2D eigenvalue weighted by Gasteiger charge is 2.16. The summed E-state index contributed by atoms with van der Waals surface area (Å²) in [6.07, 6.45) is 1.18. The summed E-state index contributed by atoms with van der Waals surface area (Å²) >= 11 is 5.86. The van der Waals surface area contributed by atoms with Gasteiger partial charge < -0.3 is 10.1 Å². The van der Waals surface area contributed by atoms with Gasteiger partial charge in [0.25, 0.3) is 0 Å². The van der Waals surface area contributed by atoms with Crippen LogP contribution in [0.3, 0.4) is 0 Å². The second-order valence-corrected chi connectivity index (χ2v) is 4.85. The van der Waals surface area contributed by atoms with Gasteiger partial charge in [0, 0.05) is 24.2 Å². The Morgan fingerprint density at radius 2 is 2.19 bits per heavy atom. The van der Waals surface area contributed by atoms with E-state index in [1.54, 1.807) is 0 Å². The fourth-order valence-electron chi connectivity index (χ4n) is 1.96. The van der Waals surface area contributed by atoms with E-state index < -0.39 is 0 Å². The average molecular weight is 240 g/mol. The van der Waals surface area contributed by atoms with Gasteiger partial charge in [-0.15, -0.1) is 0 Å². The summed E-state index contributed by atoms with van der Waals surface area (Å²) in [5.74, 6) is 0.676. The van der Waals surface area contributed by atoms with Gasteiger partial charge in [-0.2, -0.15) is 0 Å². The fraction of sp³-hybridized carbons (Fsp3) is 0.538. The maximum atomic E-state index is 5.86. The normalized spacial score (nSPS) is 22.2. The Morgan fingerprint density at radius 1 is 1.44 bits per heavy atom. The Kier molecular flexibility index (Phi) is 4.22. The molecule has 16 heavy (non-hydrogen) atoms. The zero-order valence-corrected chi connectivity index (χ0v) is 10.3. The number of hydrogen-bond acceptors (Lipinski definition) is 2. The highest BCUT2D eigenvalue weighted by molar-refractivity contribution is 6.30. The minimum Gasteiger partial charge on any atom is -0.381 e. The Balaban J connectivity index is 1.82. The maximum Gasteiger partial charge on any atom is 0.0507 e. The zero-order valence-electron chi connectivity index (χ0n) is 9.58. The van der Waals surface area contributed by atoms with E-state index in [2.05, 4.69) is 24.4 Å². The molecule has 1 unspecified atom stereocenters. The first-order chi connectivity index (χ1) is 7.75. The molecule has 2 rings (SSSR count). The standard InChI is InChI=1S/C13H18ClNO/c1-10(12-2-4-13(14)5-3-12)15-8-11-6-7-16-9-11/h2-5,10-11,15H,6-9H2,1H3/t10-,11?/m1/s1. The minimum atomic E-state index is 0.373. The van der Waals surface area contributed by atoms with Gasteiger partial charge in [0.1, 0.15) is 0 Å². The SMILES string of the molecule is C[C@@H](NCC1CCOC1)c1ccc(Cl)cc1. The molecule has 0 aliphatic carbocycles. The highest BCUT2D eigenvalue weighted by atomic mass is 35.5. The van der Waals surface area contributed by atoms with Crippen LogP contribution in [0.15, 0.2) is 24.3 Å². The zero-order chi connectivity index (χ0) is 11.4. The van der Waals surface area contributed by atoms with Crippen LogP contribution in [0.4, 0.5) is 0 Å². The van der Waals surface area contributed by atoms with Crippen LogP contribution in [0.1, 0.15) is 24.9 Å². The second kappa shape index (κ2) is 5.67. The van der Waals surface area contributed by atoms with Gasteiger partial charge in [0.15, 0.2) is 0 Å². The van der Waals surface area contributed by atoms with Crippen molar-refractivity contribution in [1.82, 2.24) is 5.32 Å². The molecule has 0 radical (unpaired) electrons. The van der Waals surface area contributed by atoms with Crippen molar-refractivity contribution in [2.45, 2.75) is 19.4 Å². The molecule has 3 heteroatoms. The van der Waals surface area contributed by atoms with Crippen LogP contribution in [0.25, 0.3) is 0 Å². The molecule has 1 heterocycles. The molecule has 1 aliphatic rings. The van der Waals surface area contributed by atoms with Crippen LogP contribution < -0.4 is 5.32 Å². The molecule has 1 fully saturated rings. The Bertz CT molecular complexity index is 319. The lowest BCUT2D eigenvalue weighted by Gasteiger charge is -2.16. The van der Waals surface area contributed by atoms with E-state index in [0.717, 1.165) is 24.8 Å². The van der Waals surface area contributed by atoms with Crippen LogP contribution in [-0.4, -0.2) is 19.8 Å². The van der Waals surface area contributed by atoms with Crippen LogP contribution in [-0.2, 0) is 4.74 Å². The first-order valence-corrected chi connectivity index (χ1v) is 6.20. The highest BCUT2D eigenvalue weighted by Crippen LogP contribution is 2.17. The number of nitrogens with one attached hydrogen (secondary N) is 1. The van der Waals surface area contributed by atoms with Gasteiger partial charge in [0.2, 0.25) is 0 Å². The topological polar surface area (TPSA) is 21.3 Å². The maximum absolute atomic E-state index is 5.86. The average Bonchev–Trinajstić information content (AvgIpc) is 2.80. The van der Waals surface area contributed by atoms with Gasteiger partial charge in [-0.25, -0.2) is 0 Å². The number of hydrogen-bond donors (Lipinski definition) is 1. The summed E-state index contributed by atoms with van der Waals surface area (Å²) in [5.41, 5.74) is 1.28. The van der Waals surface area contributed by atoms with Crippen molar-refractivity contribution in [2.24, 2.45) is 5.92 Å². The number of halogens is 1. The molecule has 1 aromatic rings. The van der Waals surface area contributed by atoms with Crippen LogP contribution in [0, 0.1) is 5.92 Å². The van der Waals surface area contributed by atoms with E-state index in [0.29, 0.717) is 12.0 Å². The molecular formula is C13H18ClNO. The van der Waals surface area contributed by atoms with Crippen LogP contribution in [0.5, 0.6) is 0 Å². The predicted molar refractivity (Wildman–Crippen MR) is 66.8 cm³/mol. The van der Waals surface area contributed by atoms with Crippen LogP contribution in [0.2, 0.25) is 5.02 Å². The lowest BCUT2D eigenvalue weighted by Crippen LogP contribution is -2.25. The first kappa shape index (κ1) is 11.9. The third-order valence-electron chi connectivity index (χ3n) is 3.11. The van der Waals surface area contributed by atoms with Gasteiger partial charge in [0.05, 0.1) is 6.61 Å². The van der Waals surface area contributed by atoms with Crippen molar-refractivity contribution in [3.63, 3.8) is 0 Å². The summed E-state index contributed by atoms with van der Waals surface area (Å²) in [6, 6.07) is 8.40. The Labute approximate surface area is 102 Å². The molecule has 1 N–H and O–H groups in total. The molecule has 0 amide bonds. The van der Waals surface area contributed by atoms with E-state index in [1.165, 1.54) is 12.0 Å². The van der Waals surface area contributed by atoms with E-state index in [4.69, 9.17) is 16.3 Å². The van der Waals surface area contributed by atoms with Crippen molar-refractivity contribution in [3.05, 3.63) is 34.9 Å². The van der Waals surface area contributed by atoms with E-state index in [1.807, 2.05) is 12.1 Å². The summed E-state index contributed by atoms with van der Waals surface area (Å²) in [4.78, 5) is 0. The summed E-state index contributed by atoms with van der Waals surface area (Å²) in [6.45, 7) is 5.03. The summed E-state index contributed by atoms with van der Waals surface area (Å²) in [7, 11) is 0. The lowest BCUT2D eigenvalue weighted by molar-refractivity contribution is 0.184. The van der Waals surface area contributed by atoms with Crippen molar-refractivity contribution >= 4 is 11.6 Å². The first-order valence-electron chi connectivity index (χ1n) is 5.82. The molecule has 0 bridgehead atoms. The van der Waals surface area contributed by atoms with Crippen molar-refractivity contribution in [3.8, 4) is 0 Å². The summed E-state index contributed by atoms with van der Waals surface area (Å²) in [5, 5.41) is 4.33. The van der Waals surface area contributed by atoms with Crippen molar-refractivity contribution in [2.75, 3.05) is 19.8 Å². The van der Waals surface area contributed by atoms with Crippen LogP contribution >= 0.6 is 11.6 Å². The minimum absolute atomic E-state index is 0.373. The van der Waals surface area contributed by atoms with E-state index in [9.17, 15) is 0 Å². The molecule has 0 spiro atoms. The van der Waals surface area contributed by atoms with E-state index >= 15 is 0 Å². The molecule has 1 aliphatic heterocycles. The Morgan fingerprint density at radius 3 is 2.81 bits per heavy atom. The number of ether oxygens (including phenoxy) is 1. The number of benzene rings is 1. The molecule has 88 valence electrons. The lowest BCUT2D eigenvalue weighted by atomic mass is 10.1. The smallest absolute Gasteiger partial charge is 0.0507 e. The molecule has 1 aromatic carbocycles. The number of rotatable bonds is 4. The molecule has 0 aromatic heterocycles. The third-order valence-corrected chi connectivity index (χ3v) is 3.36. The molecule has 2 nitrogen and oxygen atoms in total. The molecule has 2 atom stereocenters. The fourth-order valence-corrected chi connectivity index (χ4v) is 2.08. The van der Waals surface area contributed by atoms with Crippen molar-refractivity contribution < 1.29 is 4.74 Å². The Hall–Kier alpha value is -0.570. The molecule has 0 saturated carbocycles. The monoisotopic (exact) mass is 239 g/mol. The van der Waals surface area contributed by atoms with Gasteiger partial charge >= 0.3 is 0 Å². The predicted octanol–water partition coefficient (Wildman–Crippen LogP) is 3.03. The largest absolute Gasteiger partial charge is 0.381 e.